The van der Waals surface area contributed by atoms with Gasteiger partial charge in [-0.1, -0.05) is 6.07 Å². The standard InChI is InChI=1S/C17H12F2N4O2/c18-10-4-3-9(12(19)6-10)8-23-14(24)7-11-15(13-2-1-5-25-13)21-17(20)22-16(11)23/h1-6H,7-8H2,(H2,20,21,22). The van der Waals surface area contributed by atoms with Crippen molar-refractivity contribution in [2.45, 2.75) is 13.0 Å². The van der Waals surface area contributed by atoms with Crippen LogP contribution in [0.1, 0.15) is 11.1 Å². The molecule has 3 aromatic rings. The minimum atomic E-state index is -0.727. The van der Waals surface area contributed by atoms with Crippen LogP contribution in [0, 0.1) is 11.6 Å². The summed E-state index contributed by atoms with van der Waals surface area (Å²) in [5.41, 5.74) is 6.94. The van der Waals surface area contributed by atoms with Crippen molar-refractivity contribution in [3.63, 3.8) is 0 Å². The fourth-order valence-electron chi connectivity index (χ4n) is 2.84. The third-order valence-electron chi connectivity index (χ3n) is 3.99. The summed E-state index contributed by atoms with van der Waals surface area (Å²) in [5, 5.41) is 0. The van der Waals surface area contributed by atoms with Gasteiger partial charge < -0.3 is 10.2 Å². The van der Waals surface area contributed by atoms with Crippen LogP contribution in [0.4, 0.5) is 20.5 Å². The Morgan fingerprint density at radius 2 is 2.08 bits per heavy atom. The highest BCUT2D eigenvalue weighted by Gasteiger charge is 2.33. The molecule has 2 N–H and O–H groups in total. The number of anilines is 2. The van der Waals surface area contributed by atoms with Gasteiger partial charge in [-0.3, -0.25) is 9.69 Å². The van der Waals surface area contributed by atoms with Gasteiger partial charge in [0.1, 0.15) is 23.1 Å². The molecule has 1 amide bonds. The molecule has 1 aliphatic heterocycles. The van der Waals surface area contributed by atoms with Crippen LogP contribution in [-0.4, -0.2) is 15.9 Å². The van der Waals surface area contributed by atoms with Crippen molar-refractivity contribution in [1.82, 2.24) is 9.97 Å². The molecule has 2 aromatic heterocycles. The zero-order chi connectivity index (χ0) is 17.6. The van der Waals surface area contributed by atoms with E-state index in [0.29, 0.717) is 22.8 Å². The molecule has 1 aliphatic rings. The number of carbonyl (C=O) groups is 1. The smallest absolute Gasteiger partial charge is 0.233 e. The lowest BCUT2D eigenvalue weighted by Gasteiger charge is -2.17. The largest absolute Gasteiger partial charge is 0.463 e. The molecule has 0 saturated heterocycles. The van der Waals surface area contributed by atoms with Crippen LogP contribution < -0.4 is 10.6 Å². The summed E-state index contributed by atoms with van der Waals surface area (Å²) in [6.07, 6.45) is 1.54. The van der Waals surface area contributed by atoms with Gasteiger partial charge in [-0.2, -0.15) is 4.98 Å². The van der Waals surface area contributed by atoms with E-state index >= 15 is 0 Å². The highest BCUT2D eigenvalue weighted by molar-refractivity contribution is 6.02. The van der Waals surface area contributed by atoms with Crippen LogP contribution in [-0.2, 0) is 17.8 Å². The fraction of sp³-hybridized carbons (Fsp3) is 0.118. The van der Waals surface area contributed by atoms with E-state index < -0.39 is 11.6 Å². The predicted octanol–water partition coefficient (Wildman–Crippen LogP) is 2.69. The van der Waals surface area contributed by atoms with E-state index in [1.54, 1.807) is 12.1 Å². The maximum Gasteiger partial charge on any atom is 0.233 e. The first kappa shape index (κ1) is 15.3. The molecular formula is C17H12F2N4O2. The van der Waals surface area contributed by atoms with Gasteiger partial charge in [0.25, 0.3) is 0 Å². The van der Waals surface area contributed by atoms with E-state index in [1.165, 1.54) is 17.2 Å². The van der Waals surface area contributed by atoms with Crippen LogP contribution in [0.15, 0.2) is 41.0 Å². The molecule has 126 valence electrons. The molecule has 25 heavy (non-hydrogen) atoms. The lowest BCUT2D eigenvalue weighted by molar-refractivity contribution is -0.117. The van der Waals surface area contributed by atoms with Crippen LogP contribution >= 0.6 is 0 Å². The summed E-state index contributed by atoms with van der Waals surface area (Å²) in [4.78, 5) is 22.0. The van der Waals surface area contributed by atoms with Gasteiger partial charge >= 0.3 is 0 Å². The first-order chi connectivity index (χ1) is 12.0. The van der Waals surface area contributed by atoms with Gasteiger partial charge in [-0.25, -0.2) is 13.8 Å². The van der Waals surface area contributed by atoms with Gasteiger partial charge in [-0.15, -0.1) is 0 Å². The molecule has 0 saturated carbocycles. The average molecular weight is 342 g/mol. The predicted molar refractivity (Wildman–Crippen MR) is 85.4 cm³/mol. The van der Waals surface area contributed by atoms with E-state index in [-0.39, 0.29) is 30.4 Å². The second kappa shape index (κ2) is 5.66. The molecular weight excluding hydrogens is 330 g/mol. The molecule has 4 rings (SSSR count). The van der Waals surface area contributed by atoms with Gasteiger partial charge in [0.05, 0.1) is 19.2 Å². The number of nitrogens with zero attached hydrogens (tertiary/aromatic N) is 3. The molecule has 1 aromatic carbocycles. The number of aromatic nitrogens is 2. The van der Waals surface area contributed by atoms with E-state index in [2.05, 4.69) is 9.97 Å². The molecule has 6 nitrogen and oxygen atoms in total. The van der Waals surface area contributed by atoms with Gasteiger partial charge in [0.15, 0.2) is 5.76 Å². The number of nitrogens with two attached hydrogens (primary N) is 1. The van der Waals surface area contributed by atoms with Gasteiger partial charge in [-0.05, 0) is 18.2 Å². The Balaban J connectivity index is 1.77. The molecule has 0 bridgehead atoms. The molecule has 0 spiro atoms. The second-order valence-corrected chi connectivity index (χ2v) is 5.60. The lowest BCUT2D eigenvalue weighted by atomic mass is 10.1. The Labute approximate surface area is 140 Å². The van der Waals surface area contributed by atoms with E-state index in [0.717, 1.165) is 12.1 Å². The molecule has 0 aliphatic carbocycles. The molecule has 0 unspecified atom stereocenters. The summed E-state index contributed by atoms with van der Waals surface area (Å²) in [7, 11) is 0. The number of fused-ring (bicyclic) bond motifs is 1. The number of nitrogen functional groups attached to an aromatic ring is 1. The summed E-state index contributed by atoms with van der Waals surface area (Å²) < 4.78 is 32.4. The van der Waals surface area contributed by atoms with Crippen LogP contribution in [0.5, 0.6) is 0 Å². The Kier molecular flexibility index (Phi) is 3.45. The van der Waals surface area contributed by atoms with Gasteiger partial charge in [0, 0.05) is 17.2 Å². The third kappa shape index (κ3) is 2.61. The minimum Gasteiger partial charge on any atom is -0.463 e. The summed E-state index contributed by atoms with van der Waals surface area (Å²) in [6.45, 7) is -0.0774. The Hall–Kier alpha value is -3.29. The van der Waals surface area contributed by atoms with Crippen molar-refractivity contribution in [3.8, 4) is 11.5 Å². The summed E-state index contributed by atoms with van der Waals surface area (Å²) >= 11 is 0. The molecule has 8 heteroatoms. The quantitative estimate of drug-likeness (QED) is 0.791. The van der Waals surface area contributed by atoms with Crippen molar-refractivity contribution >= 4 is 17.7 Å². The van der Waals surface area contributed by atoms with Crippen LogP contribution in [0.25, 0.3) is 11.5 Å². The Bertz CT molecular complexity index is 973. The number of hydrogen-bond donors (Lipinski definition) is 1. The number of rotatable bonds is 3. The van der Waals surface area contributed by atoms with Crippen LogP contribution in [0.3, 0.4) is 0 Å². The summed E-state index contributed by atoms with van der Waals surface area (Å²) in [5.74, 6) is -0.924. The van der Waals surface area contributed by atoms with E-state index in [4.69, 9.17) is 10.2 Å². The lowest BCUT2D eigenvalue weighted by Crippen LogP contribution is -2.27. The minimum absolute atomic E-state index is 0.0237. The van der Waals surface area contributed by atoms with E-state index in [9.17, 15) is 13.6 Å². The zero-order valence-electron chi connectivity index (χ0n) is 12.9. The first-order valence-corrected chi connectivity index (χ1v) is 7.47. The van der Waals surface area contributed by atoms with Crippen LogP contribution in [0.2, 0.25) is 0 Å². The Morgan fingerprint density at radius 3 is 2.80 bits per heavy atom. The average Bonchev–Trinajstić information content (AvgIpc) is 3.18. The number of hydrogen-bond acceptors (Lipinski definition) is 5. The molecule has 3 heterocycles. The highest BCUT2D eigenvalue weighted by atomic mass is 19.1. The maximum absolute atomic E-state index is 13.9. The fourth-order valence-corrected chi connectivity index (χ4v) is 2.84. The number of amides is 1. The molecule has 0 fully saturated rings. The maximum atomic E-state index is 13.9. The first-order valence-electron chi connectivity index (χ1n) is 7.47. The normalized spacial score (nSPS) is 13.4. The monoisotopic (exact) mass is 342 g/mol. The van der Waals surface area contributed by atoms with Crippen molar-refractivity contribution in [3.05, 3.63) is 59.4 Å². The van der Waals surface area contributed by atoms with Crippen molar-refractivity contribution < 1.29 is 18.0 Å². The van der Waals surface area contributed by atoms with E-state index in [1.807, 2.05) is 0 Å². The molecule has 0 atom stereocenters. The molecule has 0 radical (unpaired) electrons. The third-order valence-corrected chi connectivity index (χ3v) is 3.99. The number of benzene rings is 1. The highest BCUT2D eigenvalue weighted by Crippen LogP contribution is 2.36. The number of carbonyl (C=O) groups excluding carboxylic acids is 1. The van der Waals surface area contributed by atoms with Crippen molar-refractivity contribution in [2.24, 2.45) is 0 Å². The van der Waals surface area contributed by atoms with Gasteiger partial charge in [0.2, 0.25) is 11.9 Å². The number of halogens is 2. The zero-order valence-corrected chi connectivity index (χ0v) is 12.9. The topological polar surface area (TPSA) is 85.2 Å². The SMILES string of the molecule is Nc1nc(-c2ccco2)c2c(n1)N(Cc1ccc(F)cc1F)C(=O)C2. The van der Waals surface area contributed by atoms with Crippen molar-refractivity contribution in [2.75, 3.05) is 10.6 Å². The second-order valence-electron chi connectivity index (χ2n) is 5.60. The summed E-state index contributed by atoms with van der Waals surface area (Å²) in [6, 6.07) is 6.62. The Morgan fingerprint density at radius 1 is 1.24 bits per heavy atom. The van der Waals surface area contributed by atoms with Crippen molar-refractivity contribution in [1.29, 1.82) is 0 Å². The number of furan rings is 1.